The summed E-state index contributed by atoms with van der Waals surface area (Å²) in [5.74, 6) is -0.794. The molecule has 7 nitrogen and oxygen atoms in total. The van der Waals surface area contributed by atoms with Crippen molar-refractivity contribution in [2.45, 2.75) is 25.4 Å². The fourth-order valence-electron chi connectivity index (χ4n) is 4.89. The van der Waals surface area contributed by atoms with E-state index in [1.54, 1.807) is 0 Å². The second kappa shape index (κ2) is 11.2. The third kappa shape index (κ3) is 5.60. The number of para-hydroxylation sites is 2. The first-order valence-corrected chi connectivity index (χ1v) is 12.8. The summed E-state index contributed by atoms with van der Waals surface area (Å²) in [4.78, 5) is 26.8. The topological polar surface area (TPSA) is 86.3 Å². The lowest BCUT2D eigenvalue weighted by molar-refractivity contribution is -0.914. The van der Waals surface area contributed by atoms with E-state index >= 15 is 0 Å². The van der Waals surface area contributed by atoms with E-state index in [1.165, 1.54) is 10.5 Å². The zero-order valence-corrected chi connectivity index (χ0v) is 21.0. The molecule has 2 N–H and O–H groups in total. The quantitative estimate of drug-likeness (QED) is 0.415. The van der Waals surface area contributed by atoms with Gasteiger partial charge in [-0.05, 0) is 24.6 Å². The lowest BCUT2D eigenvalue weighted by Crippen LogP contribution is -3.13. The monoisotopic (exact) mass is 491 g/mol. The van der Waals surface area contributed by atoms with Gasteiger partial charge in [0.25, 0.3) is 0 Å². The fraction of sp³-hybridized carbons (Fsp3) is 0.267. The van der Waals surface area contributed by atoms with Gasteiger partial charge in [0.15, 0.2) is 11.7 Å². The highest BCUT2D eigenvalue weighted by Gasteiger charge is 2.31. The van der Waals surface area contributed by atoms with Crippen LogP contribution in [0, 0.1) is 11.3 Å². The largest absolute Gasteiger partial charge is 0.348 e. The zero-order valence-electron chi connectivity index (χ0n) is 21.0. The Labute approximate surface area is 217 Å². The molecule has 1 saturated heterocycles. The van der Waals surface area contributed by atoms with Crippen molar-refractivity contribution in [1.29, 1.82) is 5.26 Å². The van der Waals surface area contributed by atoms with E-state index in [4.69, 9.17) is 9.97 Å². The maximum Gasteiger partial charge on any atom is 0.244 e. The number of nitrogens with zero attached hydrogens (tertiary/aromatic N) is 4. The molecular formula is C30H31N6O+. The minimum atomic E-state index is -1.06. The average molecular weight is 492 g/mol. The molecule has 7 heteroatoms. The van der Waals surface area contributed by atoms with Crippen molar-refractivity contribution >= 4 is 22.8 Å². The van der Waals surface area contributed by atoms with Gasteiger partial charge in [-0.3, -0.25) is 4.79 Å². The normalized spacial score (nSPS) is 15.6. The summed E-state index contributed by atoms with van der Waals surface area (Å²) in [5.41, 5.74) is 4.17. The van der Waals surface area contributed by atoms with Crippen LogP contribution in [0.4, 0.5) is 5.82 Å². The van der Waals surface area contributed by atoms with E-state index in [-0.39, 0.29) is 11.9 Å². The molecule has 1 amide bonds. The molecule has 37 heavy (non-hydrogen) atoms. The second-order valence-corrected chi connectivity index (χ2v) is 9.52. The molecule has 5 rings (SSSR count). The zero-order chi connectivity index (χ0) is 25.6. The maximum absolute atomic E-state index is 13.4. The number of quaternary nitrogens is 1. The van der Waals surface area contributed by atoms with Crippen LogP contribution in [0.5, 0.6) is 0 Å². The van der Waals surface area contributed by atoms with Crippen molar-refractivity contribution in [3.63, 3.8) is 0 Å². The summed E-state index contributed by atoms with van der Waals surface area (Å²) in [6, 6.07) is 29.9. The molecule has 0 aliphatic carbocycles. The number of hydrogen-bond acceptors (Lipinski definition) is 5. The molecule has 0 radical (unpaired) electrons. The van der Waals surface area contributed by atoms with E-state index in [2.05, 4.69) is 40.6 Å². The highest BCUT2D eigenvalue weighted by atomic mass is 16.2. The molecule has 2 heterocycles. The Bertz CT molecular complexity index is 1390. The standard InChI is InChI=1S/C30H30N6O/c1-22(24-12-6-3-7-13-24)32-30(37)25(20-31)28-29(34-27-15-9-8-14-26(27)33-28)36-18-16-35(17-19-36)21-23-10-4-2-5-11-23/h2-15,22,25H,16-19,21H2,1H3,(H,32,37)/p+1/t22-,25+/m0/s1. The number of carbonyl (C=O) groups is 1. The van der Waals surface area contributed by atoms with Crippen LogP contribution in [0.1, 0.15) is 35.7 Å². The van der Waals surface area contributed by atoms with E-state index in [9.17, 15) is 10.1 Å². The van der Waals surface area contributed by atoms with Crippen LogP contribution in [0.15, 0.2) is 84.9 Å². The number of benzene rings is 3. The van der Waals surface area contributed by atoms with Gasteiger partial charge in [0.1, 0.15) is 12.2 Å². The Balaban J connectivity index is 1.39. The second-order valence-electron chi connectivity index (χ2n) is 9.52. The first kappa shape index (κ1) is 24.4. The Hall–Kier alpha value is -4.28. The van der Waals surface area contributed by atoms with Gasteiger partial charge in [-0.25, -0.2) is 9.97 Å². The molecule has 3 aromatic carbocycles. The maximum atomic E-state index is 13.4. The molecule has 2 atom stereocenters. The lowest BCUT2D eigenvalue weighted by atomic mass is 10.0. The number of aromatic nitrogens is 2. The lowest BCUT2D eigenvalue weighted by Gasteiger charge is -2.34. The molecular weight excluding hydrogens is 460 g/mol. The Morgan fingerprint density at radius 3 is 2.19 bits per heavy atom. The number of anilines is 1. The van der Waals surface area contributed by atoms with E-state index in [1.807, 2.05) is 67.6 Å². The first-order chi connectivity index (χ1) is 18.1. The average Bonchev–Trinajstić information content (AvgIpc) is 2.94. The molecule has 0 saturated carbocycles. The highest BCUT2D eigenvalue weighted by Crippen LogP contribution is 2.28. The van der Waals surface area contributed by atoms with Crippen LogP contribution in [-0.2, 0) is 11.3 Å². The minimum absolute atomic E-state index is 0.230. The summed E-state index contributed by atoms with van der Waals surface area (Å²) < 4.78 is 0. The molecule has 0 bridgehead atoms. The van der Waals surface area contributed by atoms with Gasteiger partial charge in [0.2, 0.25) is 5.91 Å². The number of nitriles is 1. The fourth-order valence-corrected chi connectivity index (χ4v) is 4.89. The molecule has 1 aliphatic rings. The first-order valence-electron chi connectivity index (χ1n) is 12.8. The number of hydrogen-bond donors (Lipinski definition) is 2. The summed E-state index contributed by atoms with van der Waals surface area (Å²) in [6.07, 6.45) is 0. The predicted molar refractivity (Wildman–Crippen MR) is 144 cm³/mol. The van der Waals surface area contributed by atoms with Gasteiger partial charge < -0.3 is 15.1 Å². The van der Waals surface area contributed by atoms with Crippen LogP contribution in [0.25, 0.3) is 11.0 Å². The summed E-state index contributed by atoms with van der Waals surface area (Å²) in [7, 11) is 0. The summed E-state index contributed by atoms with van der Waals surface area (Å²) >= 11 is 0. The number of nitrogens with one attached hydrogen (secondary N) is 2. The van der Waals surface area contributed by atoms with Crippen molar-refractivity contribution in [1.82, 2.24) is 15.3 Å². The molecule has 1 fully saturated rings. The Kier molecular flexibility index (Phi) is 7.38. The van der Waals surface area contributed by atoms with Gasteiger partial charge in [0, 0.05) is 5.56 Å². The molecule has 0 unspecified atom stereocenters. The van der Waals surface area contributed by atoms with Crippen molar-refractivity contribution in [3.8, 4) is 6.07 Å². The minimum Gasteiger partial charge on any atom is -0.348 e. The third-order valence-electron chi connectivity index (χ3n) is 6.97. The summed E-state index contributed by atoms with van der Waals surface area (Å²) in [5, 5.41) is 13.1. The molecule has 0 spiro atoms. The number of piperazine rings is 1. The number of fused-ring (bicyclic) bond motifs is 1. The van der Waals surface area contributed by atoms with Gasteiger partial charge in [-0.15, -0.1) is 0 Å². The SMILES string of the molecule is C[C@H](NC(=O)[C@H](C#N)c1nc2ccccc2nc1N1CC[NH+](Cc2ccccc2)CC1)c1ccccc1. The number of rotatable bonds is 7. The number of carbonyl (C=O) groups excluding carboxylic acids is 1. The van der Waals surface area contributed by atoms with Crippen molar-refractivity contribution < 1.29 is 9.69 Å². The summed E-state index contributed by atoms with van der Waals surface area (Å²) in [6.45, 7) is 6.34. The van der Waals surface area contributed by atoms with Crippen LogP contribution in [-0.4, -0.2) is 42.1 Å². The van der Waals surface area contributed by atoms with E-state index in [0.717, 1.165) is 43.8 Å². The van der Waals surface area contributed by atoms with Crippen LogP contribution in [0.2, 0.25) is 0 Å². The smallest absolute Gasteiger partial charge is 0.244 e. The van der Waals surface area contributed by atoms with Crippen molar-refractivity contribution in [3.05, 3.63) is 102 Å². The van der Waals surface area contributed by atoms with Crippen molar-refractivity contribution in [2.75, 3.05) is 31.1 Å². The Morgan fingerprint density at radius 2 is 1.54 bits per heavy atom. The third-order valence-corrected chi connectivity index (χ3v) is 6.97. The highest BCUT2D eigenvalue weighted by molar-refractivity contribution is 5.89. The Morgan fingerprint density at radius 1 is 0.946 bits per heavy atom. The van der Waals surface area contributed by atoms with Gasteiger partial charge in [0.05, 0.1) is 49.3 Å². The molecule has 4 aromatic rings. The van der Waals surface area contributed by atoms with E-state index < -0.39 is 5.92 Å². The van der Waals surface area contributed by atoms with Gasteiger partial charge in [-0.2, -0.15) is 5.26 Å². The van der Waals surface area contributed by atoms with Gasteiger partial charge in [-0.1, -0.05) is 72.8 Å². The van der Waals surface area contributed by atoms with E-state index in [0.29, 0.717) is 17.0 Å². The van der Waals surface area contributed by atoms with Gasteiger partial charge >= 0.3 is 0 Å². The molecule has 186 valence electrons. The van der Waals surface area contributed by atoms with Crippen LogP contribution >= 0.6 is 0 Å². The van der Waals surface area contributed by atoms with Crippen LogP contribution in [0.3, 0.4) is 0 Å². The molecule has 1 aliphatic heterocycles. The van der Waals surface area contributed by atoms with Crippen LogP contribution < -0.4 is 15.1 Å². The number of amides is 1. The predicted octanol–water partition coefficient (Wildman–Crippen LogP) is 3.02. The molecule has 1 aromatic heterocycles. The van der Waals surface area contributed by atoms with Crippen molar-refractivity contribution in [2.24, 2.45) is 0 Å².